The highest BCUT2D eigenvalue weighted by molar-refractivity contribution is 9.10. The number of thioether (sulfide) groups is 1. The molecule has 178 valence electrons. The number of aliphatic imine (C=N–C) groups is 1. The van der Waals surface area contributed by atoms with Crippen molar-refractivity contribution < 1.29 is 28.6 Å². The number of amidine groups is 1. The van der Waals surface area contributed by atoms with Crippen molar-refractivity contribution in [3.05, 3.63) is 63.0 Å². The third-order valence-corrected chi connectivity index (χ3v) is 6.23. The minimum atomic E-state index is -0.453. The van der Waals surface area contributed by atoms with Crippen molar-refractivity contribution >= 4 is 62.5 Å². The van der Waals surface area contributed by atoms with Crippen LogP contribution in [0.2, 0.25) is 0 Å². The number of amides is 1. The summed E-state index contributed by atoms with van der Waals surface area (Å²) in [5.41, 5.74) is 1.70. The van der Waals surface area contributed by atoms with Gasteiger partial charge >= 0.3 is 11.9 Å². The lowest BCUT2D eigenvalue weighted by Crippen LogP contribution is -2.28. The van der Waals surface area contributed by atoms with Crippen LogP contribution in [0.1, 0.15) is 29.8 Å². The molecule has 3 rings (SSSR count). The number of methoxy groups -OCH3 is 1. The molecule has 0 unspecified atom stereocenters. The fourth-order valence-electron chi connectivity index (χ4n) is 3.02. The first-order chi connectivity index (χ1) is 16.4. The summed E-state index contributed by atoms with van der Waals surface area (Å²) in [7, 11) is 1.32. The molecule has 1 saturated heterocycles. The summed E-state index contributed by atoms with van der Waals surface area (Å²) in [4.78, 5) is 42.9. The average Bonchev–Trinajstić information content (AvgIpc) is 3.11. The Labute approximate surface area is 210 Å². The van der Waals surface area contributed by atoms with E-state index in [2.05, 4.69) is 20.9 Å². The summed E-state index contributed by atoms with van der Waals surface area (Å²) >= 11 is 4.69. The van der Waals surface area contributed by atoms with Gasteiger partial charge in [-0.25, -0.2) is 14.6 Å². The first-order valence-electron chi connectivity index (χ1n) is 10.4. The summed E-state index contributed by atoms with van der Waals surface area (Å²) in [6.07, 6.45) is 1.77. The van der Waals surface area contributed by atoms with Crippen molar-refractivity contribution in [3.8, 4) is 5.75 Å². The summed E-state index contributed by atoms with van der Waals surface area (Å²) in [6, 6.07) is 12.0. The molecule has 2 aromatic carbocycles. The summed E-state index contributed by atoms with van der Waals surface area (Å²) in [5.74, 6) is -0.569. The van der Waals surface area contributed by atoms with Crippen LogP contribution in [0.25, 0.3) is 6.08 Å². The summed E-state index contributed by atoms with van der Waals surface area (Å²) in [5, 5.41) is 0.522. The number of hydrogen-bond donors (Lipinski definition) is 0. The Kier molecular flexibility index (Phi) is 8.89. The van der Waals surface area contributed by atoms with Crippen LogP contribution in [-0.2, 0) is 19.1 Å². The van der Waals surface area contributed by atoms with Gasteiger partial charge in [-0.15, -0.1) is 0 Å². The maximum atomic E-state index is 12.9. The van der Waals surface area contributed by atoms with E-state index in [9.17, 15) is 14.4 Å². The Morgan fingerprint density at radius 3 is 2.65 bits per heavy atom. The first-order valence-corrected chi connectivity index (χ1v) is 12.0. The minimum Gasteiger partial charge on any atom is -0.481 e. The highest BCUT2D eigenvalue weighted by Crippen LogP contribution is 2.35. The van der Waals surface area contributed by atoms with Crippen molar-refractivity contribution in [3.63, 3.8) is 0 Å². The number of carbonyl (C=O) groups excluding carboxylic acids is 3. The molecule has 8 nitrogen and oxygen atoms in total. The number of hydrogen-bond acceptors (Lipinski definition) is 8. The Morgan fingerprint density at radius 2 is 1.97 bits per heavy atom. The molecule has 10 heteroatoms. The van der Waals surface area contributed by atoms with Gasteiger partial charge < -0.3 is 14.2 Å². The van der Waals surface area contributed by atoms with E-state index in [0.717, 1.165) is 5.56 Å². The normalized spacial score (nSPS) is 15.6. The Balaban J connectivity index is 1.80. The van der Waals surface area contributed by atoms with Crippen LogP contribution in [0.3, 0.4) is 0 Å². The van der Waals surface area contributed by atoms with Crippen LogP contribution in [0.5, 0.6) is 5.75 Å². The smallest absolute Gasteiger partial charge is 0.344 e. The monoisotopic (exact) mass is 546 g/mol. The molecule has 1 fully saturated rings. The third kappa shape index (κ3) is 6.27. The van der Waals surface area contributed by atoms with E-state index < -0.39 is 11.9 Å². The van der Waals surface area contributed by atoms with Gasteiger partial charge in [0.15, 0.2) is 11.8 Å². The van der Waals surface area contributed by atoms with Crippen LogP contribution in [-0.4, -0.2) is 54.8 Å². The number of esters is 2. The van der Waals surface area contributed by atoms with Gasteiger partial charge in [0.1, 0.15) is 5.75 Å². The fraction of sp³-hybridized carbons (Fsp3) is 0.250. The predicted molar refractivity (Wildman–Crippen MR) is 134 cm³/mol. The molecular formula is C24H23BrN2O6S. The SMILES string of the molecule is CCOC(=O)COc1ccc(C=C2SC(=Nc3cccc(C(=O)OC)c3)N(CC)C2=O)cc1Br. The fourth-order valence-corrected chi connectivity index (χ4v) is 4.59. The Morgan fingerprint density at radius 1 is 1.18 bits per heavy atom. The van der Waals surface area contributed by atoms with E-state index >= 15 is 0 Å². The third-order valence-electron chi connectivity index (χ3n) is 4.60. The lowest BCUT2D eigenvalue weighted by molar-refractivity contribution is -0.145. The number of ether oxygens (including phenoxy) is 3. The van der Waals surface area contributed by atoms with Crippen LogP contribution in [0.15, 0.2) is 56.8 Å². The van der Waals surface area contributed by atoms with E-state index in [0.29, 0.717) is 44.7 Å². The van der Waals surface area contributed by atoms with Gasteiger partial charge in [0.25, 0.3) is 5.91 Å². The first kappa shape index (κ1) is 25.5. The zero-order valence-corrected chi connectivity index (χ0v) is 21.3. The molecule has 2 aromatic rings. The van der Waals surface area contributed by atoms with E-state index in [-0.39, 0.29) is 12.5 Å². The van der Waals surface area contributed by atoms with Gasteiger partial charge in [-0.3, -0.25) is 9.69 Å². The molecule has 0 radical (unpaired) electrons. The lowest BCUT2D eigenvalue weighted by Gasteiger charge is -2.12. The highest BCUT2D eigenvalue weighted by Gasteiger charge is 2.32. The van der Waals surface area contributed by atoms with E-state index in [1.165, 1.54) is 18.9 Å². The van der Waals surface area contributed by atoms with Gasteiger partial charge in [-0.2, -0.15) is 0 Å². The molecule has 0 bridgehead atoms. The van der Waals surface area contributed by atoms with E-state index in [4.69, 9.17) is 14.2 Å². The number of carbonyl (C=O) groups is 3. The standard InChI is InChI=1S/C24H23BrN2O6S/c1-4-27-22(29)20(34-24(27)26-17-8-6-7-16(13-17)23(30)31-3)12-15-9-10-19(18(25)11-15)33-14-21(28)32-5-2/h6-13H,4-5,14H2,1-3H3. The van der Waals surface area contributed by atoms with Crippen molar-refractivity contribution in [1.82, 2.24) is 4.90 Å². The molecule has 1 amide bonds. The second-order valence-electron chi connectivity index (χ2n) is 6.88. The summed E-state index contributed by atoms with van der Waals surface area (Å²) in [6.45, 7) is 4.15. The van der Waals surface area contributed by atoms with Crippen molar-refractivity contribution in [1.29, 1.82) is 0 Å². The lowest BCUT2D eigenvalue weighted by atomic mass is 10.2. The van der Waals surface area contributed by atoms with Crippen LogP contribution in [0.4, 0.5) is 5.69 Å². The maximum absolute atomic E-state index is 12.9. The van der Waals surface area contributed by atoms with Crippen LogP contribution >= 0.6 is 27.7 Å². The molecule has 1 heterocycles. The Hall–Kier alpha value is -3.11. The molecule has 0 atom stereocenters. The maximum Gasteiger partial charge on any atom is 0.344 e. The topological polar surface area (TPSA) is 94.5 Å². The molecule has 0 saturated carbocycles. The molecular weight excluding hydrogens is 524 g/mol. The number of rotatable bonds is 8. The molecule has 0 N–H and O–H groups in total. The van der Waals surface area contributed by atoms with Crippen molar-refractivity contribution in [2.75, 3.05) is 26.9 Å². The highest BCUT2D eigenvalue weighted by atomic mass is 79.9. The second-order valence-corrected chi connectivity index (χ2v) is 8.74. The largest absolute Gasteiger partial charge is 0.481 e. The van der Waals surface area contributed by atoms with Gasteiger partial charge in [-0.1, -0.05) is 12.1 Å². The van der Waals surface area contributed by atoms with Crippen molar-refractivity contribution in [2.45, 2.75) is 13.8 Å². The van der Waals surface area contributed by atoms with Crippen LogP contribution < -0.4 is 4.74 Å². The van der Waals surface area contributed by atoms with Crippen LogP contribution in [0, 0.1) is 0 Å². The number of benzene rings is 2. The second kappa shape index (κ2) is 11.8. The minimum absolute atomic E-state index is 0.158. The predicted octanol–water partition coefficient (Wildman–Crippen LogP) is 4.80. The molecule has 1 aliphatic rings. The van der Waals surface area contributed by atoms with Gasteiger partial charge in [-0.05, 0) is 83.5 Å². The number of halogens is 1. The molecule has 0 aromatic heterocycles. The zero-order valence-electron chi connectivity index (χ0n) is 18.9. The average molecular weight is 547 g/mol. The van der Waals surface area contributed by atoms with E-state index in [1.54, 1.807) is 60.4 Å². The molecule has 34 heavy (non-hydrogen) atoms. The van der Waals surface area contributed by atoms with Crippen molar-refractivity contribution in [2.24, 2.45) is 4.99 Å². The summed E-state index contributed by atoms with van der Waals surface area (Å²) < 4.78 is 15.7. The molecule has 0 aliphatic carbocycles. The quantitative estimate of drug-likeness (QED) is 0.346. The van der Waals surface area contributed by atoms with Gasteiger partial charge in [0, 0.05) is 6.54 Å². The molecule has 0 spiro atoms. The van der Waals surface area contributed by atoms with E-state index in [1.807, 2.05) is 6.92 Å². The van der Waals surface area contributed by atoms with Gasteiger partial charge in [0.2, 0.25) is 0 Å². The number of nitrogens with zero attached hydrogens (tertiary/aromatic N) is 2. The number of likely N-dealkylation sites (N-methyl/N-ethyl adjacent to an activating group) is 1. The Bertz CT molecular complexity index is 1160. The zero-order chi connectivity index (χ0) is 24.7. The van der Waals surface area contributed by atoms with Gasteiger partial charge in [0.05, 0.1) is 34.3 Å². The molecule has 1 aliphatic heterocycles.